The number of halogens is 1. The molecule has 1 unspecified atom stereocenters. The van der Waals surface area contributed by atoms with Crippen LogP contribution in [0.5, 0.6) is 5.75 Å². The molecule has 1 amide bonds. The van der Waals surface area contributed by atoms with E-state index in [0.29, 0.717) is 5.56 Å². The number of rotatable bonds is 4. The lowest BCUT2D eigenvalue weighted by Gasteiger charge is -2.37. The van der Waals surface area contributed by atoms with Crippen molar-refractivity contribution in [3.8, 4) is 5.75 Å². The molecule has 0 bridgehead atoms. The Morgan fingerprint density at radius 3 is 2.75 bits per heavy atom. The lowest BCUT2D eigenvalue weighted by atomic mass is 9.99. The number of piperazine rings is 1. The van der Waals surface area contributed by atoms with E-state index in [1.807, 2.05) is 29.2 Å². The number of carbonyl (C=O) groups is 1. The van der Waals surface area contributed by atoms with Crippen LogP contribution >= 0.6 is 12.4 Å². The van der Waals surface area contributed by atoms with Crippen LogP contribution in [0.2, 0.25) is 0 Å². The molecule has 0 spiro atoms. The van der Waals surface area contributed by atoms with Gasteiger partial charge < -0.3 is 15.0 Å². The second kappa shape index (κ2) is 9.25. The maximum absolute atomic E-state index is 12.6. The highest BCUT2D eigenvalue weighted by molar-refractivity contribution is 5.94. The molecule has 134 valence electrons. The van der Waals surface area contributed by atoms with Crippen molar-refractivity contribution in [3.63, 3.8) is 0 Å². The highest BCUT2D eigenvalue weighted by Gasteiger charge is 2.24. The molecule has 2 aliphatic heterocycles. The van der Waals surface area contributed by atoms with E-state index >= 15 is 0 Å². The van der Waals surface area contributed by atoms with E-state index in [9.17, 15) is 4.79 Å². The van der Waals surface area contributed by atoms with E-state index in [0.717, 1.165) is 50.9 Å². The first kappa shape index (κ1) is 19.0. The van der Waals surface area contributed by atoms with Gasteiger partial charge in [0.2, 0.25) is 0 Å². The quantitative estimate of drug-likeness (QED) is 0.897. The van der Waals surface area contributed by atoms with Crippen LogP contribution in [0.3, 0.4) is 0 Å². The van der Waals surface area contributed by atoms with Gasteiger partial charge in [-0.15, -0.1) is 12.4 Å². The smallest absolute Gasteiger partial charge is 0.254 e. The third kappa shape index (κ3) is 4.85. The third-order valence-electron chi connectivity index (χ3n) is 4.89. The summed E-state index contributed by atoms with van der Waals surface area (Å²) in [7, 11) is 1.63. The van der Waals surface area contributed by atoms with Crippen molar-refractivity contribution in [2.45, 2.75) is 12.8 Å². The van der Waals surface area contributed by atoms with Crippen molar-refractivity contribution in [3.05, 3.63) is 29.8 Å². The molecule has 2 saturated heterocycles. The molecule has 5 nitrogen and oxygen atoms in total. The predicted molar refractivity (Wildman–Crippen MR) is 98.2 cm³/mol. The monoisotopic (exact) mass is 353 g/mol. The van der Waals surface area contributed by atoms with Gasteiger partial charge in [-0.25, -0.2) is 0 Å². The molecule has 0 saturated carbocycles. The summed E-state index contributed by atoms with van der Waals surface area (Å²) in [5, 5.41) is 3.48. The standard InChI is InChI=1S/C18H27N3O2.ClH/c1-23-17-6-2-5-16(12-17)18(22)21-10-8-20(9-11-21)14-15-4-3-7-19-13-15;/h2,5-6,12,15,19H,3-4,7-11,13-14H2,1H3;1H. The summed E-state index contributed by atoms with van der Waals surface area (Å²) in [5.41, 5.74) is 0.717. The molecule has 2 aliphatic rings. The molecular weight excluding hydrogens is 326 g/mol. The van der Waals surface area contributed by atoms with Crippen molar-refractivity contribution < 1.29 is 9.53 Å². The van der Waals surface area contributed by atoms with Crippen molar-refractivity contribution >= 4 is 18.3 Å². The molecule has 3 rings (SSSR count). The zero-order valence-electron chi connectivity index (χ0n) is 14.4. The average molecular weight is 354 g/mol. The van der Waals surface area contributed by atoms with E-state index in [4.69, 9.17) is 4.74 Å². The molecule has 0 aliphatic carbocycles. The highest BCUT2D eigenvalue weighted by atomic mass is 35.5. The molecule has 6 heteroatoms. The van der Waals surface area contributed by atoms with Crippen LogP contribution in [0.4, 0.5) is 0 Å². The number of ether oxygens (including phenoxy) is 1. The van der Waals surface area contributed by atoms with Crippen LogP contribution in [-0.2, 0) is 0 Å². The number of hydrogen-bond donors (Lipinski definition) is 1. The van der Waals surface area contributed by atoms with Crippen LogP contribution in [0.1, 0.15) is 23.2 Å². The minimum absolute atomic E-state index is 0. The molecule has 24 heavy (non-hydrogen) atoms. The topological polar surface area (TPSA) is 44.8 Å². The van der Waals surface area contributed by atoms with Crippen molar-refractivity contribution in [1.82, 2.24) is 15.1 Å². The predicted octanol–water partition coefficient (Wildman–Crippen LogP) is 1.87. The third-order valence-corrected chi connectivity index (χ3v) is 4.89. The summed E-state index contributed by atoms with van der Waals surface area (Å²) in [6.07, 6.45) is 2.62. The molecule has 0 aromatic heterocycles. The van der Waals surface area contributed by atoms with Gasteiger partial charge in [0.05, 0.1) is 7.11 Å². The molecule has 2 fully saturated rings. The Balaban J connectivity index is 0.00000208. The van der Waals surface area contributed by atoms with Gasteiger partial charge in [-0.3, -0.25) is 9.69 Å². The number of nitrogens with one attached hydrogen (secondary N) is 1. The molecule has 1 atom stereocenters. The Morgan fingerprint density at radius 1 is 1.29 bits per heavy atom. The number of carbonyl (C=O) groups excluding carboxylic acids is 1. The van der Waals surface area contributed by atoms with Gasteiger partial charge in [0.25, 0.3) is 5.91 Å². The normalized spacial score (nSPS) is 21.9. The molecular formula is C18H28ClN3O2. The van der Waals surface area contributed by atoms with Crippen LogP contribution in [0.15, 0.2) is 24.3 Å². The summed E-state index contributed by atoms with van der Waals surface area (Å²) >= 11 is 0. The van der Waals surface area contributed by atoms with E-state index in [2.05, 4.69) is 10.2 Å². The highest BCUT2D eigenvalue weighted by Crippen LogP contribution is 2.17. The molecule has 0 radical (unpaired) electrons. The molecule has 1 aromatic carbocycles. The fraction of sp³-hybridized carbons (Fsp3) is 0.611. The Labute approximate surface area is 150 Å². The summed E-state index contributed by atoms with van der Waals surface area (Å²) in [6, 6.07) is 7.43. The second-order valence-electron chi connectivity index (χ2n) is 6.54. The lowest BCUT2D eigenvalue weighted by molar-refractivity contribution is 0.0609. The number of hydrogen-bond acceptors (Lipinski definition) is 4. The van der Waals surface area contributed by atoms with E-state index in [1.165, 1.54) is 19.4 Å². The van der Waals surface area contributed by atoms with Crippen molar-refractivity contribution in [1.29, 1.82) is 0 Å². The fourth-order valence-corrected chi connectivity index (χ4v) is 3.52. The van der Waals surface area contributed by atoms with Gasteiger partial charge in [-0.2, -0.15) is 0 Å². The van der Waals surface area contributed by atoms with Gasteiger partial charge in [-0.05, 0) is 50.0 Å². The second-order valence-corrected chi connectivity index (χ2v) is 6.54. The summed E-state index contributed by atoms with van der Waals surface area (Å²) in [4.78, 5) is 17.1. The molecule has 1 N–H and O–H groups in total. The number of methoxy groups -OCH3 is 1. The van der Waals surface area contributed by atoms with E-state index in [-0.39, 0.29) is 18.3 Å². The van der Waals surface area contributed by atoms with Crippen LogP contribution in [0, 0.1) is 5.92 Å². The van der Waals surface area contributed by atoms with Crippen LogP contribution < -0.4 is 10.1 Å². The van der Waals surface area contributed by atoms with Gasteiger partial charge in [0.1, 0.15) is 5.75 Å². The molecule has 1 aromatic rings. The number of nitrogens with zero attached hydrogens (tertiary/aromatic N) is 2. The minimum atomic E-state index is 0. The number of piperidine rings is 1. The number of amides is 1. The SMILES string of the molecule is COc1cccc(C(=O)N2CCN(CC3CCCNC3)CC2)c1.Cl. The summed E-state index contributed by atoms with van der Waals surface area (Å²) in [6.45, 7) is 7.06. The van der Waals surface area contributed by atoms with Crippen molar-refractivity contribution in [2.75, 3.05) is 52.9 Å². The van der Waals surface area contributed by atoms with Gasteiger partial charge in [-0.1, -0.05) is 6.07 Å². The summed E-state index contributed by atoms with van der Waals surface area (Å²) in [5.74, 6) is 1.62. The first-order valence-electron chi connectivity index (χ1n) is 8.62. The largest absolute Gasteiger partial charge is 0.497 e. The fourth-order valence-electron chi connectivity index (χ4n) is 3.52. The van der Waals surface area contributed by atoms with Crippen LogP contribution in [-0.4, -0.2) is 68.6 Å². The van der Waals surface area contributed by atoms with Gasteiger partial charge in [0.15, 0.2) is 0 Å². The number of benzene rings is 1. The van der Waals surface area contributed by atoms with E-state index in [1.54, 1.807) is 7.11 Å². The first-order valence-corrected chi connectivity index (χ1v) is 8.62. The van der Waals surface area contributed by atoms with Crippen LogP contribution in [0.25, 0.3) is 0 Å². The van der Waals surface area contributed by atoms with Crippen molar-refractivity contribution in [2.24, 2.45) is 5.92 Å². The first-order chi connectivity index (χ1) is 11.3. The Morgan fingerprint density at radius 2 is 2.08 bits per heavy atom. The van der Waals surface area contributed by atoms with Gasteiger partial charge in [0, 0.05) is 38.3 Å². The Bertz CT molecular complexity index is 527. The van der Waals surface area contributed by atoms with Gasteiger partial charge >= 0.3 is 0 Å². The van der Waals surface area contributed by atoms with E-state index < -0.39 is 0 Å². The zero-order valence-corrected chi connectivity index (χ0v) is 15.2. The Kier molecular flexibility index (Phi) is 7.34. The average Bonchev–Trinajstić information content (AvgIpc) is 2.63. The lowest BCUT2D eigenvalue weighted by Crippen LogP contribution is -2.50. The Hall–Kier alpha value is -1.30. The zero-order chi connectivity index (χ0) is 16.1. The maximum Gasteiger partial charge on any atom is 0.254 e. The summed E-state index contributed by atoms with van der Waals surface area (Å²) < 4.78 is 5.21. The molecule has 2 heterocycles. The minimum Gasteiger partial charge on any atom is -0.497 e. The maximum atomic E-state index is 12.6.